The van der Waals surface area contributed by atoms with E-state index in [1.807, 2.05) is 22.7 Å². The molecule has 0 spiro atoms. The standard InChI is InChI=1S/C80H50N4S2/c1-47-29-33-51(34-30-47)81(77-53(49-17-5-3-6-18-49)39-43-71-75(77)59-23-11-15-27-69(59)85-71)65-41-37-55-61-45-68-62(46-67(61)83-63-25-13-9-21-57(63)73(65)79(55)83)56-38-42-66(74-58-22-10-14-26-64(58)84(68)80(56)74)82(52-35-31-48(2)32-36-52)78-54(50-19-7-4-8-20-50)40-44-72-76(78)60-24-12-16-28-70(60)86-72/h3-46H,1-2H3. The van der Waals surface area contributed by atoms with Crippen LogP contribution < -0.4 is 9.80 Å². The summed E-state index contributed by atoms with van der Waals surface area (Å²) in [4.78, 5) is 5.17. The van der Waals surface area contributed by atoms with Gasteiger partial charge in [-0.2, -0.15) is 0 Å². The number of rotatable bonds is 8. The minimum absolute atomic E-state index is 1.12. The van der Waals surface area contributed by atoms with E-state index in [1.54, 1.807) is 0 Å². The average Bonchev–Trinajstić information content (AvgIpc) is 1.57. The Morgan fingerprint density at radius 2 is 0.663 bits per heavy atom. The van der Waals surface area contributed by atoms with Crippen molar-refractivity contribution in [2.75, 3.05) is 9.80 Å². The molecular formula is C80H50N4S2. The first-order chi connectivity index (χ1) is 42.5. The lowest BCUT2D eigenvalue weighted by Gasteiger charge is -2.30. The van der Waals surface area contributed by atoms with Gasteiger partial charge in [0.25, 0.3) is 0 Å². The number of fused-ring (bicyclic) bond motifs is 18. The highest BCUT2D eigenvalue weighted by atomic mass is 32.1. The predicted octanol–water partition coefficient (Wildman–Crippen LogP) is 23.6. The molecule has 13 aromatic carbocycles. The van der Waals surface area contributed by atoms with Crippen molar-refractivity contribution in [1.29, 1.82) is 0 Å². The molecule has 0 saturated heterocycles. The van der Waals surface area contributed by atoms with Crippen LogP contribution in [0.4, 0.5) is 34.1 Å². The highest BCUT2D eigenvalue weighted by Gasteiger charge is 2.31. The fourth-order valence-electron chi connectivity index (χ4n) is 14.8. The summed E-state index contributed by atoms with van der Waals surface area (Å²) in [7, 11) is 0. The summed E-state index contributed by atoms with van der Waals surface area (Å²) in [5.74, 6) is 0. The van der Waals surface area contributed by atoms with Gasteiger partial charge in [-0.3, -0.25) is 0 Å². The van der Waals surface area contributed by atoms with Crippen molar-refractivity contribution in [2.24, 2.45) is 0 Å². The highest BCUT2D eigenvalue weighted by Crippen LogP contribution is 2.56. The van der Waals surface area contributed by atoms with Gasteiger partial charge in [0.1, 0.15) is 0 Å². The lowest BCUT2D eigenvalue weighted by molar-refractivity contribution is 1.30. The second-order valence-electron chi connectivity index (χ2n) is 23.2. The normalized spacial score (nSPS) is 12.3. The van der Waals surface area contributed by atoms with E-state index < -0.39 is 0 Å². The lowest BCUT2D eigenvalue weighted by atomic mass is 9.96. The van der Waals surface area contributed by atoms with Gasteiger partial charge >= 0.3 is 0 Å². The summed E-state index contributed by atoms with van der Waals surface area (Å²) in [6, 6.07) is 100. The zero-order chi connectivity index (χ0) is 56.5. The van der Waals surface area contributed by atoms with Crippen LogP contribution in [0.15, 0.2) is 267 Å². The molecule has 0 unspecified atom stereocenters. The molecular weight excluding hydrogens is 1080 g/mol. The second kappa shape index (κ2) is 18.0. The summed E-state index contributed by atoms with van der Waals surface area (Å²) in [5.41, 5.74) is 21.4. The van der Waals surface area contributed by atoms with Crippen LogP contribution in [0.5, 0.6) is 0 Å². The van der Waals surface area contributed by atoms with Crippen molar-refractivity contribution in [1.82, 2.24) is 8.80 Å². The first-order valence-corrected chi connectivity index (χ1v) is 31.2. The third-order valence-electron chi connectivity index (χ3n) is 18.5. The predicted molar refractivity (Wildman–Crippen MR) is 371 cm³/mol. The SMILES string of the molecule is Cc1ccc(N(c2c(-c3ccccc3)ccc3sc4ccccc4c23)c2ccc3c4cc5c(cc4n4c6ccccc6c2c34)c2ccc(N(c3ccc(C)cc3)c3c(-c4ccccc4)ccc4sc6ccccc6c34)c3c4ccccc4n5c23)cc1. The molecule has 0 atom stereocenters. The van der Waals surface area contributed by atoms with Crippen LogP contribution in [-0.2, 0) is 0 Å². The van der Waals surface area contributed by atoms with Crippen molar-refractivity contribution < 1.29 is 0 Å². The van der Waals surface area contributed by atoms with E-state index in [9.17, 15) is 0 Å². The molecule has 6 aromatic heterocycles. The number of nitrogens with zero attached hydrogens (tertiary/aromatic N) is 4. The molecule has 0 aliphatic rings. The molecule has 0 bridgehead atoms. The molecule has 0 aliphatic heterocycles. The minimum Gasteiger partial charge on any atom is -0.308 e. The molecule has 86 heavy (non-hydrogen) atoms. The van der Waals surface area contributed by atoms with Crippen molar-refractivity contribution in [3.05, 3.63) is 278 Å². The van der Waals surface area contributed by atoms with Gasteiger partial charge in [0.2, 0.25) is 0 Å². The lowest BCUT2D eigenvalue weighted by Crippen LogP contribution is -2.12. The largest absolute Gasteiger partial charge is 0.308 e. The molecule has 0 N–H and O–H groups in total. The first kappa shape index (κ1) is 47.9. The van der Waals surface area contributed by atoms with Crippen LogP contribution in [0, 0.1) is 13.8 Å². The molecule has 19 aromatic rings. The molecule has 19 rings (SSSR count). The Morgan fingerprint density at radius 3 is 1.09 bits per heavy atom. The quantitative estimate of drug-likeness (QED) is 0.151. The van der Waals surface area contributed by atoms with Crippen molar-refractivity contribution in [2.45, 2.75) is 13.8 Å². The maximum absolute atomic E-state index is 2.59. The zero-order valence-corrected chi connectivity index (χ0v) is 48.6. The fraction of sp³-hybridized carbons (Fsp3) is 0.0250. The first-order valence-electron chi connectivity index (χ1n) is 29.6. The van der Waals surface area contributed by atoms with E-state index in [0.29, 0.717) is 0 Å². The fourth-order valence-corrected chi connectivity index (χ4v) is 17.0. The molecule has 4 nitrogen and oxygen atoms in total. The van der Waals surface area contributed by atoms with Crippen LogP contribution in [0.2, 0.25) is 0 Å². The Bertz CT molecular complexity index is 5600. The van der Waals surface area contributed by atoms with Gasteiger partial charge in [0, 0.05) is 106 Å². The summed E-state index contributed by atoms with van der Waals surface area (Å²) in [6.45, 7) is 4.37. The van der Waals surface area contributed by atoms with E-state index in [2.05, 4.69) is 299 Å². The molecule has 0 fully saturated rings. The van der Waals surface area contributed by atoms with E-state index in [1.165, 1.54) is 161 Å². The summed E-state index contributed by atoms with van der Waals surface area (Å²) < 4.78 is 10.3. The number of anilines is 6. The number of benzene rings is 13. The third kappa shape index (κ3) is 6.62. The van der Waals surface area contributed by atoms with Crippen molar-refractivity contribution in [3.63, 3.8) is 0 Å². The van der Waals surface area contributed by atoms with Gasteiger partial charge in [0.15, 0.2) is 0 Å². The number of thiophene rings is 2. The van der Waals surface area contributed by atoms with Crippen LogP contribution >= 0.6 is 22.7 Å². The average molecular weight is 1130 g/mol. The molecule has 0 aliphatic carbocycles. The smallest absolute Gasteiger partial charge is 0.0641 e. The van der Waals surface area contributed by atoms with Crippen LogP contribution in [-0.4, -0.2) is 8.80 Å². The van der Waals surface area contributed by atoms with Gasteiger partial charge in [-0.15, -0.1) is 22.7 Å². The number of para-hydroxylation sites is 2. The molecule has 0 saturated carbocycles. The Kier molecular flexibility index (Phi) is 10.0. The van der Waals surface area contributed by atoms with Crippen molar-refractivity contribution >= 4 is 173 Å². The van der Waals surface area contributed by atoms with Gasteiger partial charge in [0.05, 0.1) is 55.8 Å². The molecule has 6 heteroatoms. The van der Waals surface area contributed by atoms with E-state index >= 15 is 0 Å². The van der Waals surface area contributed by atoms with Gasteiger partial charge in [-0.1, -0.05) is 193 Å². The molecule has 0 radical (unpaired) electrons. The summed E-state index contributed by atoms with van der Waals surface area (Å²) in [6.07, 6.45) is 0. The van der Waals surface area contributed by atoms with E-state index in [4.69, 9.17) is 0 Å². The summed E-state index contributed by atoms with van der Waals surface area (Å²) >= 11 is 3.75. The zero-order valence-electron chi connectivity index (χ0n) is 47.0. The number of hydrogen-bond acceptors (Lipinski definition) is 4. The van der Waals surface area contributed by atoms with Crippen LogP contribution in [0.1, 0.15) is 11.1 Å². The Morgan fingerprint density at radius 1 is 0.279 bits per heavy atom. The number of hydrogen-bond donors (Lipinski definition) is 0. The van der Waals surface area contributed by atoms with E-state index in [0.717, 1.165) is 22.7 Å². The topological polar surface area (TPSA) is 15.3 Å². The summed E-state index contributed by atoms with van der Waals surface area (Å²) in [5, 5.41) is 15.0. The van der Waals surface area contributed by atoms with Gasteiger partial charge < -0.3 is 18.6 Å². The minimum atomic E-state index is 1.12. The highest BCUT2D eigenvalue weighted by molar-refractivity contribution is 7.26. The second-order valence-corrected chi connectivity index (χ2v) is 25.4. The van der Waals surface area contributed by atoms with E-state index in [-0.39, 0.29) is 0 Å². The van der Waals surface area contributed by atoms with Gasteiger partial charge in [-0.05, 0) is 110 Å². The van der Waals surface area contributed by atoms with Crippen LogP contribution in [0.25, 0.3) is 139 Å². The Balaban J connectivity index is 0.905. The monoisotopic (exact) mass is 1130 g/mol. The van der Waals surface area contributed by atoms with Crippen molar-refractivity contribution in [3.8, 4) is 22.3 Å². The molecule has 402 valence electrons. The maximum Gasteiger partial charge on any atom is 0.0641 e. The molecule has 6 heterocycles. The Hall–Kier alpha value is -10.5. The third-order valence-corrected chi connectivity index (χ3v) is 20.8. The molecule has 0 amide bonds. The Labute approximate surface area is 502 Å². The maximum atomic E-state index is 2.59. The van der Waals surface area contributed by atoms with Gasteiger partial charge in [-0.25, -0.2) is 0 Å². The van der Waals surface area contributed by atoms with Crippen LogP contribution in [0.3, 0.4) is 0 Å². The number of aryl methyl sites for hydroxylation is 2. The number of aromatic nitrogens is 2.